The molecule has 5 nitrogen and oxygen atoms in total. The van der Waals surface area contributed by atoms with Gasteiger partial charge < -0.3 is 23.7 Å². The van der Waals surface area contributed by atoms with Gasteiger partial charge in [0, 0.05) is 20.8 Å². The van der Waals surface area contributed by atoms with E-state index in [-0.39, 0.29) is 36.6 Å². The Morgan fingerprint density at radius 3 is 2.32 bits per heavy atom. The number of rotatable bonds is 8. The van der Waals surface area contributed by atoms with Crippen LogP contribution >= 0.6 is 0 Å². The molecule has 0 aromatic rings. The Hall–Kier alpha value is -0.200. The molecule has 114 valence electrons. The summed E-state index contributed by atoms with van der Waals surface area (Å²) in [6.07, 6.45) is -0.407. The van der Waals surface area contributed by atoms with Gasteiger partial charge in [0.1, 0.15) is 24.4 Å². The molecule has 0 radical (unpaired) electrons. The molecule has 0 aromatic heterocycles. The van der Waals surface area contributed by atoms with E-state index in [4.69, 9.17) is 23.7 Å². The SMILES string of the molecule is CCO[C@H]1C(OC(C)C)[C@@H]([C@@H](COC)OC)O[C@@H]1C. The summed E-state index contributed by atoms with van der Waals surface area (Å²) in [5.41, 5.74) is 0. The Morgan fingerprint density at radius 2 is 1.84 bits per heavy atom. The summed E-state index contributed by atoms with van der Waals surface area (Å²) < 4.78 is 28.4. The van der Waals surface area contributed by atoms with Crippen LogP contribution in [0.1, 0.15) is 27.7 Å². The zero-order valence-corrected chi connectivity index (χ0v) is 12.9. The third kappa shape index (κ3) is 4.39. The van der Waals surface area contributed by atoms with Crippen molar-refractivity contribution in [2.24, 2.45) is 0 Å². The van der Waals surface area contributed by atoms with Gasteiger partial charge in [-0.1, -0.05) is 0 Å². The monoisotopic (exact) mass is 276 g/mol. The van der Waals surface area contributed by atoms with Gasteiger partial charge in [0.2, 0.25) is 0 Å². The van der Waals surface area contributed by atoms with E-state index >= 15 is 0 Å². The molecule has 1 aliphatic rings. The van der Waals surface area contributed by atoms with Crippen LogP contribution in [0.2, 0.25) is 0 Å². The van der Waals surface area contributed by atoms with Gasteiger partial charge in [0.25, 0.3) is 0 Å². The zero-order chi connectivity index (χ0) is 14.4. The smallest absolute Gasteiger partial charge is 0.115 e. The van der Waals surface area contributed by atoms with Crippen molar-refractivity contribution < 1.29 is 23.7 Å². The molecule has 19 heavy (non-hydrogen) atoms. The number of hydrogen-bond donors (Lipinski definition) is 0. The van der Waals surface area contributed by atoms with Crippen molar-refractivity contribution in [1.29, 1.82) is 0 Å². The van der Waals surface area contributed by atoms with Crippen molar-refractivity contribution in [2.45, 2.75) is 64.3 Å². The molecule has 0 bridgehead atoms. The Kier molecular flexibility index (Phi) is 7.25. The third-order valence-corrected chi connectivity index (χ3v) is 3.27. The highest BCUT2D eigenvalue weighted by Gasteiger charge is 2.47. The van der Waals surface area contributed by atoms with Crippen LogP contribution in [0.15, 0.2) is 0 Å². The molecule has 1 fully saturated rings. The van der Waals surface area contributed by atoms with Crippen LogP contribution in [-0.2, 0) is 23.7 Å². The summed E-state index contributed by atoms with van der Waals surface area (Å²) in [7, 11) is 3.32. The highest BCUT2D eigenvalue weighted by molar-refractivity contribution is 4.95. The highest BCUT2D eigenvalue weighted by atomic mass is 16.6. The minimum absolute atomic E-state index is 0.0109. The second kappa shape index (κ2) is 8.17. The maximum absolute atomic E-state index is 6.00. The van der Waals surface area contributed by atoms with Gasteiger partial charge in [-0.25, -0.2) is 0 Å². The first kappa shape index (κ1) is 16.9. The van der Waals surface area contributed by atoms with E-state index in [2.05, 4.69) is 0 Å². The van der Waals surface area contributed by atoms with Gasteiger partial charge in [0.15, 0.2) is 0 Å². The normalized spacial score (nSPS) is 33.0. The minimum Gasteiger partial charge on any atom is -0.382 e. The molecular formula is C14H28O5. The van der Waals surface area contributed by atoms with Crippen LogP contribution in [0.25, 0.3) is 0 Å². The lowest BCUT2D eigenvalue weighted by atomic mass is 10.0. The number of ether oxygens (including phenoxy) is 5. The van der Waals surface area contributed by atoms with E-state index in [1.54, 1.807) is 14.2 Å². The molecule has 1 heterocycles. The maximum atomic E-state index is 6.00. The van der Waals surface area contributed by atoms with Gasteiger partial charge in [0.05, 0.1) is 18.8 Å². The van der Waals surface area contributed by atoms with Crippen molar-refractivity contribution in [3.63, 3.8) is 0 Å². The second-order valence-corrected chi connectivity index (χ2v) is 5.10. The fraction of sp³-hybridized carbons (Fsp3) is 1.00. The van der Waals surface area contributed by atoms with E-state index in [0.29, 0.717) is 13.2 Å². The lowest BCUT2D eigenvalue weighted by Crippen LogP contribution is -2.45. The number of methoxy groups -OCH3 is 2. The first-order chi connectivity index (χ1) is 9.04. The molecule has 0 spiro atoms. The summed E-state index contributed by atoms with van der Waals surface area (Å²) in [6.45, 7) is 9.14. The zero-order valence-electron chi connectivity index (χ0n) is 12.9. The predicted octanol–water partition coefficient (Wildman–Crippen LogP) is 1.63. The van der Waals surface area contributed by atoms with Gasteiger partial charge in [-0.2, -0.15) is 0 Å². The minimum atomic E-state index is -0.168. The summed E-state index contributed by atoms with van der Waals surface area (Å²) in [6, 6.07) is 0. The standard InChI is InChI=1S/C14H28O5/c1-7-17-12-10(4)19-13(11(16-6)8-15-5)14(12)18-9(2)3/h9-14H,7-8H2,1-6H3/t10-,11-,12-,13-,14?/m1/s1. The van der Waals surface area contributed by atoms with E-state index in [9.17, 15) is 0 Å². The lowest BCUT2D eigenvalue weighted by Gasteiger charge is -2.29. The fourth-order valence-corrected chi connectivity index (χ4v) is 2.51. The van der Waals surface area contributed by atoms with Gasteiger partial charge in [-0.3, -0.25) is 0 Å². The molecule has 1 saturated heterocycles. The Labute approximate surface area is 116 Å². The topological polar surface area (TPSA) is 46.2 Å². The summed E-state index contributed by atoms with van der Waals surface area (Å²) >= 11 is 0. The van der Waals surface area contributed by atoms with Crippen molar-refractivity contribution >= 4 is 0 Å². The third-order valence-electron chi connectivity index (χ3n) is 3.27. The first-order valence-corrected chi connectivity index (χ1v) is 6.99. The highest BCUT2D eigenvalue weighted by Crippen LogP contribution is 2.30. The molecule has 5 atom stereocenters. The van der Waals surface area contributed by atoms with Crippen molar-refractivity contribution in [3.05, 3.63) is 0 Å². The van der Waals surface area contributed by atoms with E-state index < -0.39 is 0 Å². The molecule has 5 heteroatoms. The average molecular weight is 276 g/mol. The van der Waals surface area contributed by atoms with Crippen LogP contribution in [0.5, 0.6) is 0 Å². The van der Waals surface area contributed by atoms with Crippen LogP contribution < -0.4 is 0 Å². The Bertz CT molecular complexity index is 246. The summed E-state index contributed by atoms with van der Waals surface area (Å²) in [4.78, 5) is 0. The van der Waals surface area contributed by atoms with Gasteiger partial charge in [-0.15, -0.1) is 0 Å². The average Bonchev–Trinajstić information content (AvgIpc) is 2.64. The largest absolute Gasteiger partial charge is 0.382 e. The molecule has 1 rings (SSSR count). The van der Waals surface area contributed by atoms with E-state index in [0.717, 1.165) is 0 Å². The Balaban J connectivity index is 2.81. The van der Waals surface area contributed by atoms with E-state index in [1.807, 2.05) is 27.7 Å². The second-order valence-electron chi connectivity index (χ2n) is 5.10. The van der Waals surface area contributed by atoms with Gasteiger partial charge in [-0.05, 0) is 27.7 Å². The van der Waals surface area contributed by atoms with Gasteiger partial charge >= 0.3 is 0 Å². The number of hydrogen-bond acceptors (Lipinski definition) is 5. The maximum Gasteiger partial charge on any atom is 0.115 e. The van der Waals surface area contributed by atoms with Crippen LogP contribution in [0, 0.1) is 0 Å². The molecule has 0 saturated carbocycles. The summed E-state index contributed by atoms with van der Waals surface area (Å²) in [5, 5.41) is 0. The first-order valence-electron chi connectivity index (χ1n) is 6.99. The fourth-order valence-electron chi connectivity index (χ4n) is 2.51. The molecule has 0 N–H and O–H groups in total. The quantitative estimate of drug-likeness (QED) is 0.674. The Morgan fingerprint density at radius 1 is 1.16 bits per heavy atom. The lowest BCUT2D eigenvalue weighted by molar-refractivity contribution is -0.128. The van der Waals surface area contributed by atoms with Crippen LogP contribution in [0.4, 0.5) is 0 Å². The molecular weight excluding hydrogens is 248 g/mol. The summed E-state index contributed by atoms with van der Waals surface area (Å²) in [5.74, 6) is 0. The van der Waals surface area contributed by atoms with Crippen LogP contribution in [0.3, 0.4) is 0 Å². The van der Waals surface area contributed by atoms with Crippen molar-refractivity contribution in [1.82, 2.24) is 0 Å². The molecule has 1 aliphatic heterocycles. The molecule has 0 aromatic carbocycles. The van der Waals surface area contributed by atoms with Crippen LogP contribution in [-0.4, -0.2) is 64.1 Å². The predicted molar refractivity (Wildman–Crippen MR) is 72.4 cm³/mol. The molecule has 0 amide bonds. The van der Waals surface area contributed by atoms with Crippen molar-refractivity contribution in [2.75, 3.05) is 27.4 Å². The van der Waals surface area contributed by atoms with Crippen molar-refractivity contribution in [3.8, 4) is 0 Å². The molecule has 0 aliphatic carbocycles. The molecule has 1 unspecified atom stereocenters. The van der Waals surface area contributed by atoms with E-state index in [1.165, 1.54) is 0 Å².